The molecular formula is C25H28N2O4S. The number of benzene rings is 2. The molecule has 3 rings (SSSR count). The molecular weight excluding hydrogens is 424 g/mol. The molecule has 0 aliphatic carbocycles. The van der Waals surface area contributed by atoms with Gasteiger partial charge in [-0.15, -0.1) is 6.58 Å². The molecule has 1 amide bonds. The summed E-state index contributed by atoms with van der Waals surface area (Å²) in [5.74, 6) is 1.08. The first-order chi connectivity index (χ1) is 15.3. The second kappa shape index (κ2) is 10.4. The summed E-state index contributed by atoms with van der Waals surface area (Å²) in [6.07, 6.45) is 1.48. The number of nitrogens with zero attached hydrogens (tertiary/aromatic N) is 2. The van der Waals surface area contributed by atoms with E-state index in [1.54, 1.807) is 29.2 Å². The lowest BCUT2D eigenvalue weighted by molar-refractivity contribution is -0.132. The first-order valence-corrected chi connectivity index (χ1v) is 11.8. The van der Waals surface area contributed by atoms with Crippen LogP contribution in [0, 0.1) is 13.8 Å². The van der Waals surface area contributed by atoms with Gasteiger partial charge in [-0.3, -0.25) is 4.79 Å². The first-order valence-electron chi connectivity index (χ1n) is 10.3. The average Bonchev–Trinajstić information content (AvgIpc) is 3.18. The molecule has 0 aliphatic heterocycles. The third kappa shape index (κ3) is 5.96. The van der Waals surface area contributed by atoms with Crippen molar-refractivity contribution in [3.63, 3.8) is 0 Å². The Balaban J connectivity index is 1.85. The van der Waals surface area contributed by atoms with Gasteiger partial charge in [-0.25, -0.2) is 8.42 Å². The van der Waals surface area contributed by atoms with Crippen LogP contribution in [0.25, 0.3) is 0 Å². The Labute approximate surface area is 189 Å². The van der Waals surface area contributed by atoms with Crippen LogP contribution in [-0.4, -0.2) is 36.6 Å². The molecule has 2 aromatic carbocycles. The molecule has 3 aromatic rings. The van der Waals surface area contributed by atoms with Crippen molar-refractivity contribution in [1.29, 1.82) is 0 Å². The van der Waals surface area contributed by atoms with Gasteiger partial charge in [-0.1, -0.05) is 54.1 Å². The minimum absolute atomic E-state index is 0.0288. The Kier molecular flexibility index (Phi) is 7.66. The van der Waals surface area contributed by atoms with Crippen LogP contribution in [0.3, 0.4) is 0 Å². The van der Waals surface area contributed by atoms with Crippen LogP contribution in [-0.2, 0) is 27.9 Å². The van der Waals surface area contributed by atoms with Crippen LogP contribution >= 0.6 is 0 Å². The molecule has 168 valence electrons. The van der Waals surface area contributed by atoms with Gasteiger partial charge in [0.25, 0.3) is 0 Å². The number of carbonyl (C=O) groups is 1. The van der Waals surface area contributed by atoms with Gasteiger partial charge in [0.1, 0.15) is 11.5 Å². The maximum atomic E-state index is 13.3. The highest BCUT2D eigenvalue weighted by atomic mass is 32.2. The molecule has 32 heavy (non-hydrogen) atoms. The number of amides is 1. The first kappa shape index (κ1) is 23.5. The number of hydrogen-bond donors (Lipinski definition) is 0. The lowest BCUT2D eigenvalue weighted by Gasteiger charge is -2.26. The SMILES string of the molecule is C=CCN(CC(=O)N(Cc1ccccc1)Cc1ccc(C)o1)S(=O)(=O)c1ccc(C)cc1. The van der Waals surface area contributed by atoms with E-state index < -0.39 is 10.0 Å². The van der Waals surface area contributed by atoms with Crippen LogP contribution in [0.1, 0.15) is 22.6 Å². The van der Waals surface area contributed by atoms with E-state index in [1.165, 1.54) is 6.08 Å². The zero-order valence-electron chi connectivity index (χ0n) is 18.4. The monoisotopic (exact) mass is 452 g/mol. The van der Waals surface area contributed by atoms with Gasteiger partial charge < -0.3 is 9.32 Å². The van der Waals surface area contributed by atoms with E-state index in [1.807, 2.05) is 56.3 Å². The fraction of sp³-hybridized carbons (Fsp3) is 0.240. The second-order valence-corrected chi connectivity index (χ2v) is 9.58. The summed E-state index contributed by atoms with van der Waals surface area (Å²) in [4.78, 5) is 15.1. The third-order valence-electron chi connectivity index (χ3n) is 5.01. The Morgan fingerprint density at radius 3 is 2.25 bits per heavy atom. The normalized spacial score (nSPS) is 11.5. The molecule has 0 fully saturated rings. The van der Waals surface area contributed by atoms with E-state index in [-0.39, 0.29) is 30.4 Å². The molecule has 6 nitrogen and oxygen atoms in total. The quantitative estimate of drug-likeness (QED) is 0.430. The zero-order valence-corrected chi connectivity index (χ0v) is 19.2. The van der Waals surface area contributed by atoms with Crippen molar-refractivity contribution in [2.45, 2.75) is 31.8 Å². The molecule has 0 atom stereocenters. The van der Waals surface area contributed by atoms with E-state index in [0.717, 1.165) is 21.2 Å². The molecule has 1 aromatic heterocycles. The molecule has 0 unspecified atom stereocenters. The molecule has 0 bridgehead atoms. The highest BCUT2D eigenvalue weighted by Crippen LogP contribution is 2.18. The Hall–Kier alpha value is -3.16. The number of sulfonamides is 1. The van der Waals surface area contributed by atoms with Gasteiger partial charge in [0, 0.05) is 13.1 Å². The van der Waals surface area contributed by atoms with Gasteiger partial charge in [0.15, 0.2) is 0 Å². The minimum atomic E-state index is -3.86. The predicted molar refractivity (Wildman–Crippen MR) is 124 cm³/mol. The van der Waals surface area contributed by atoms with Crippen LogP contribution in [0.15, 0.2) is 88.7 Å². The summed E-state index contributed by atoms with van der Waals surface area (Å²) >= 11 is 0. The van der Waals surface area contributed by atoms with E-state index in [4.69, 9.17) is 4.42 Å². The van der Waals surface area contributed by atoms with Crippen LogP contribution in [0.2, 0.25) is 0 Å². The van der Waals surface area contributed by atoms with Crippen molar-refractivity contribution in [1.82, 2.24) is 9.21 Å². The molecule has 0 saturated carbocycles. The number of rotatable bonds is 10. The molecule has 0 radical (unpaired) electrons. The van der Waals surface area contributed by atoms with Crippen molar-refractivity contribution in [2.75, 3.05) is 13.1 Å². The average molecular weight is 453 g/mol. The maximum Gasteiger partial charge on any atom is 0.243 e. The highest BCUT2D eigenvalue weighted by Gasteiger charge is 2.28. The Morgan fingerprint density at radius 1 is 0.969 bits per heavy atom. The van der Waals surface area contributed by atoms with E-state index in [0.29, 0.717) is 12.3 Å². The lowest BCUT2D eigenvalue weighted by atomic mass is 10.2. The van der Waals surface area contributed by atoms with E-state index in [2.05, 4.69) is 6.58 Å². The van der Waals surface area contributed by atoms with E-state index >= 15 is 0 Å². The number of furan rings is 1. The largest absolute Gasteiger partial charge is 0.464 e. The van der Waals surface area contributed by atoms with Crippen molar-refractivity contribution in [3.05, 3.63) is 102 Å². The number of aryl methyl sites for hydroxylation is 2. The zero-order chi connectivity index (χ0) is 23.1. The van der Waals surface area contributed by atoms with Crippen LogP contribution < -0.4 is 0 Å². The number of hydrogen-bond acceptors (Lipinski definition) is 4. The topological polar surface area (TPSA) is 70.8 Å². The summed E-state index contributed by atoms with van der Waals surface area (Å²) < 4.78 is 33.2. The molecule has 0 aliphatic rings. The van der Waals surface area contributed by atoms with Crippen molar-refractivity contribution >= 4 is 15.9 Å². The molecule has 0 spiro atoms. The smallest absolute Gasteiger partial charge is 0.243 e. The number of carbonyl (C=O) groups excluding carboxylic acids is 1. The predicted octanol–water partition coefficient (Wildman–Crippen LogP) is 4.30. The Bertz CT molecular complexity index is 1150. The lowest BCUT2D eigenvalue weighted by Crippen LogP contribution is -2.42. The fourth-order valence-electron chi connectivity index (χ4n) is 3.30. The molecule has 1 heterocycles. The highest BCUT2D eigenvalue weighted by molar-refractivity contribution is 7.89. The van der Waals surface area contributed by atoms with Crippen molar-refractivity contribution < 1.29 is 17.6 Å². The molecule has 0 N–H and O–H groups in total. The van der Waals surface area contributed by atoms with E-state index in [9.17, 15) is 13.2 Å². The van der Waals surface area contributed by atoms with Gasteiger partial charge in [0.05, 0.1) is 18.0 Å². The van der Waals surface area contributed by atoms with Gasteiger partial charge >= 0.3 is 0 Å². The molecule has 0 saturated heterocycles. The Morgan fingerprint density at radius 2 is 1.66 bits per heavy atom. The molecule has 7 heteroatoms. The van der Waals surface area contributed by atoms with Crippen molar-refractivity contribution in [2.24, 2.45) is 0 Å². The third-order valence-corrected chi connectivity index (χ3v) is 6.84. The summed E-state index contributed by atoms with van der Waals surface area (Å²) in [7, 11) is -3.86. The van der Waals surface area contributed by atoms with Crippen molar-refractivity contribution in [3.8, 4) is 0 Å². The standard InChI is InChI=1S/C25H28N2O4S/c1-4-16-27(32(29,30)24-14-10-20(2)11-15-24)19-25(28)26(17-22-8-6-5-7-9-22)18-23-13-12-21(3)31-23/h4-15H,1,16-19H2,2-3H3. The summed E-state index contributed by atoms with van der Waals surface area (Å²) in [5, 5.41) is 0. The summed E-state index contributed by atoms with van der Waals surface area (Å²) in [6.45, 7) is 7.71. The summed E-state index contributed by atoms with van der Waals surface area (Å²) in [6, 6.07) is 19.8. The summed E-state index contributed by atoms with van der Waals surface area (Å²) in [5.41, 5.74) is 1.90. The van der Waals surface area contributed by atoms with Crippen LogP contribution in [0.5, 0.6) is 0 Å². The van der Waals surface area contributed by atoms with Gasteiger partial charge in [-0.05, 0) is 43.7 Å². The van der Waals surface area contributed by atoms with Gasteiger partial charge in [0.2, 0.25) is 15.9 Å². The fourth-order valence-corrected chi connectivity index (χ4v) is 4.66. The van der Waals surface area contributed by atoms with Gasteiger partial charge in [-0.2, -0.15) is 4.31 Å². The minimum Gasteiger partial charge on any atom is -0.464 e. The van der Waals surface area contributed by atoms with Crippen LogP contribution in [0.4, 0.5) is 0 Å². The maximum absolute atomic E-state index is 13.3. The second-order valence-electron chi connectivity index (χ2n) is 7.65.